The van der Waals surface area contributed by atoms with Gasteiger partial charge in [-0.15, -0.1) is 0 Å². The second kappa shape index (κ2) is 8.71. The number of nitrogens with one attached hydrogen (secondary N) is 1. The SMILES string of the molecule is CC(C)(C)OC(=O)Nc1ccc([N+](=O)[O-])cc1C(N)=NCc1cccc(Cl)c1. The molecule has 0 atom stereocenters. The van der Waals surface area contributed by atoms with Gasteiger partial charge in [-0.05, 0) is 44.5 Å². The molecule has 9 heteroatoms. The predicted octanol–water partition coefficient (Wildman–Crippen LogP) is 4.50. The molecule has 0 radical (unpaired) electrons. The average molecular weight is 405 g/mol. The lowest BCUT2D eigenvalue weighted by Crippen LogP contribution is -2.28. The average Bonchev–Trinajstić information content (AvgIpc) is 2.58. The van der Waals surface area contributed by atoms with E-state index in [-0.39, 0.29) is 29.3 Å². The van der Waals surface area contributed by atoms with Crippen LogP contribution in [0.25, 0.3) is 0 Å². The van der Waals surface area contributed by atoms with Crippen molar-refractivity contribution in [1.29, 1.82) is 0 Å². The number of ether oxygens (including phenoxy) is 1. The second-order valence-electron chi connectivity index (χ2n) is 6.95. The number of hydrogen-bond donors (Lipinski definition) is 2. The molecule has 2 aromatic carbocycles. The quantitative estimate of drug-likeness (QED) is 0.329. The molecule has 0 aliphatic heterocycles. The molecule has 2 aromatic rings. The number of halogens is 1. The van der Waals surface area contributed by atoms with Crippen LogP contribution in [0.1, 0.15) is 31.9 Å². The third-order valence-electron chi connectivity index (χ3n) is 3.45. The van der Waals surface area contributed by atoms with Crippen molar-refractivity contribution in [2.24, 2.45) is 10.7 Å². The Balaban J connectivity index is 2.33. The minimum atomic E-state index is -0.703. The number of benzene rings is 2. The maximum Gasteiger partial charge on any atom is 0.412 e. The minimum Gasteiger partial charge on any atom is -0.444 e. The van der Waals surface area contributed by atoms with E-state index >= 15 is 0 Å². The zero-order valence-electron chi connectivity index (χ0n) is 15.7. The number of amidine groups is 1. The molecular weight excluding hydrogens is 384 g/mol. The standard InChI is InChI=1S/C19H21ClN4O4/c1-19(2,3)28-18(25)23-16-8-7-14(24(26)27)10-15(16)17(21)22-11-12-5-4-6-13(20)9-12/h4-10H,11H2,1-3H3,(H2,21,22)(H,23,25). The lowest BCUT2D eigenvalue weighted by atomic mass is 10.1. The van der Waals surface area contributed by atoms with Crippen LogP contribution < -0.4 is 11.1 Å². The number of hydrogen-bond acceptors (Lipinski definition) is 5. The number of non-ortho nitro benzene ring substituents is 1. The van der Waals surface area contributed by atoms with Crippen LogP contribution in [0.2, 0.25) is 5.02 Å². The fourth-order valence-electron chi connectivity index (χ4n) is 2.28. The van der Waals surface area contributed by atoms with Crippen molar-refractivity contribution in [2.45, 2.75) is 32.9 Å². The maximum atomic E-state index is 12.1. The summed E-state index contributed by atoms with van der Waals surface area (Å²) in [6.07, 6.45) is -0.703. The largest absolute Gasteiger partial charge is 0.444 e. The second-order valence-corrected chi connectivity index (χ2v) is 7.38. The fraction of sp³-hybridized carbons (Fsp3) is 0.263. The van der Waals surface area contributed by atoms with Gasteiger partial charge in [0.15, 0.2) is 0 Å². The van der Waals surface area contributed by atoms with Crippen LogP contribution in [-0.4, -0.2) is 22.5 Å². The molecule has 0 saturated heterocycles. The van der Waals surface area contributed by atoms with Crippen LogP contribution in [0.4, 0.5) is 16.2 Å². The number of aliphatic imine (C=N–C) groups is 1. The highest BCUT2D eigenvalue weighted by Crippen LogP contribution is 2.23. The smallest absolute Gasteiger partial charge is 0.412 e. The lowest BCUT2D eigenvalue weighted by molar-refractivity contribution is -0.384. The van der Waals surface area contributed by atoms with Crippen molar-refractivity contribution in [3.63, 3.8) is 0 Å². The first-order valence-electron chi connectivity index (χ1n) is 8.38. The monoisotopic (exact) mass is 404 g/mol. The number of carbonyl (C=O) groups excluding carboxylic acids is 1. The van der Waals surface area contributed by atoms with E-state index in [1.165, 1.54) is 18.2 Å². The Labute approximate surface area is 167 Å². The van der Waals surface area contributed by atoms with Crippen molar-refractivity contribution >= 4 is 34.9 Å². The highest BCUT2D eigenvalue weighted by Gasteiger charge is 2.19. The van der Waals surface area contributed by atoms with Gasteiger partial charge in [-0.2, -0.15) is 0 Å². The van der Waals surface area contributed by atoms with Crippen LogP contribution in [0, 0.1) is 10.1 Å². The summed E-state index contributed by atoms with van der Waals surface area (Å²) in [4.78, 5) is 26.9. The molecule has 0 fully saturated rings. The molecule has 0 spiro atoms. The molecule has 0 heterocycles. The summed E-state index contributed by atoms with van der Waals surface area (Å²) < 4.78 is 5.22. The molecule has 2 rings (SSSR count). The van der Waals surface area contributed by atoms with E-state index in [4.69, 9.17) is 22.1 Å². The van der Waals surface area contributed by atoms with Crippen LogP contribution in [0.15, 0.2) is 47.5 Å². The first kappa shape index (κ1) is 21.2. The van der Waals surface area contributed by atoms with E-state index in [1.54, 1.807) is 39.0 Å². The van der Waals surface area contributed by atoms with Crippen LogP contribution >= 0.6 is 11.6 Å². The number of rotatable bonds is 5. The van der Waals surface area contributed by atoms with Gasteiger partial charge in [0.05, 0.1) is 17.2 Å². The van der Waals surface area contributed by atoms with E-state index in [0.717, 1.165) is 5.56 Å². The van der Waals surface area contributed by atoms with E-state index in [0.29, 0.717) is 5.02 Å². The normalized spacial score (nSPS) is 11.8. The van der Waals surface area contributed by atoms with E-state index in [9.17, 15) is 14.9 Å². The summed E-state index contributed by atoms with van der Waals surface area (Å²) in [5, 5.41) is 14.2. The zero-order valence-corrected chi connectivity index (χ0v) is 16.5. The highest BCUT2D eigenvalue weighted by atomic mass is 35.5. The summed E-state index contributed by atoms with van der Waals surface area (Å²) >= 11 is 5.95. The molecule has 148 valence electrons. The molecule has 1 amide bonds. The number of nitro groups is 1. The molecule has 0 aliphatic carbocycles. The van der Waals surface area contributed by atoms with Crippen LogP contribution in [-0.2, 0) is 11.3 Å². The van der Waals surface area contributed by atoms with Gasteiger partial charge in [0.25, 0.3) is 5.69 Å². The summed E-state index contributed by atoms with van der Waals surface area (Å²) in [6.45, 7) is 5.40. The summed E-state index contributed by atoms with van der Waals surface area (Å²) in [5.74, 6) is 0.0368. The Kier molecular flexibility index (Phi) is 6.58. The maximum absolute atomic E-state index is 12.1. The van der Waals surface area contributed by atoms with Crippen molar-refractivity contribution in [3.05, 3.63) is 68.7 Å². The lowest BCUT2D eigenvalue weighted by Gasteiger charge is -2.20. The van der Waals surface area contributed by atoms with E-state index < -0.39 is 16.6 Å². The molecule has 8 nitrogen and oxygen atoms in total. The summed E-state index contributed by atoms with van der Waals surface area (Å²) in [7, 11) is 0. The Morgan fingerprint density at radius 3 is 2.61 bits per heavy atom. The number of anilines is 1. The van der Waals surface area contributed by atoms with Crippen LogP contribution in [0.5, 0.6) is 0 Å². The molecule has 28 heavy (non-hydrogen) atoms. The molecule has 0 aromatic heterocycles. The summed E-state index contributed by atoms with van der Waals surface area (Å²) in [5.41, 5.74) is 6.49. The predicted molar refractivity (Wildman–Crippen MR) is 109 cm³/mol. The zero-order chi connectivity index (χ0) is 20.9. The Hall–Kier alpha value is -3.13. The van der Waals surface area contributed by atoms with E-state index in [2.05, 4.69) is 10.3 Å². The number of amides is 1. The Bertz CT molecular complexity index is 922. The first-order chi connectivity index (χ1) is 13.0. The van der Waals surface area contributed by atoms with Crippen LogP contribution in [0.3, 0.4) is 0 Å². The Morgan fingerprint density at radius 2 is 2.00 bits per heavy atom. The topological polar surface area (TPSA) is 120 Å². The number of carbonyl (C=O) groups is 1. The third-order valence-corrected chi connectivity index (χ3v) is 3.68. The molecular formula is C19H21ClN4O4. The highest BCUT2D eigenvalue weighted by molar-refractivity contribution is 6.30. The van der Waals surface area contributed by atoms with Crippen molar-refractivity contribution < 1.29 is 14.5 Å². The number of nitrogens with two attached hydrogens (primary N) is 1. The number of nitrogens with zero attached hydrogens (tertiary/aromatic N) is 2. The van der Waals surface area contributed by atoms with Crippen molar-refractivity contribution in [1.82, 2.24) is 0 Å². The minimum absolute atomic E-state index is 0.0368. The first-order valence-corrected chi connectivity index (χ1v) is 8.76. The molecule has 3 N–H and O–H groups in total. The Morgan fingerprint density at radius 1 is 1.29 bits per heavy atom. The van der Waals surface area contributed by atoms with Gasteiger partial charge >= 0.3 is 6.09 Å². The fourth-order valence-corrected chi connectivity index (χ4v) is 2.49. The van der Waals surface area contributed by atoms with Gasteiger partial charge in [0.1, 0.15) is 11.4 Å². The van der Waals surface area contributed by atoms with E-state index in [1.807, 2.05) is 6.07 Å². The van der Waals surface area contributed by atoms with Gasteiger partial charge < -0.3 is 10.5 Å². The third kappa shape index (κ3) is 6.24. The van der Waals surface area contributed by atoms with Gasteiger partial charge in [0.2, 0.25) is 0 Å². The molecule has 0 unspecified atom stereocenters. The van der Waals surface area contributed by atoms with Gasteiger partial charge in [-0.3, -0.25) is 20.4 Å². The van der Waals surface area contributed by atoms with Gasteiger partial charge in [0, 0.05) is 22.7 Å². The molecule has 0 bridgehead atoms. The summed E-state index contributed by atoms with van der Waals surface area (Å²) in [6, 6.07) is 11.0. The van der Waals surface area contributed by atoms with Crippen molar-refractivity contribution in [2.75, 3.05) is 5.32 Å². The van der Waals surface area contributed by atoms with Gasteiger partial charge in [-0.1, -0.05) is 23.7 Å². The van der Waals surface area contributed by atoms with Gasteiger partial charge in [-0.25, -0.2) is 4.79 Å². The number of nitro benzene ring substituents is 1. The van der Waals surface area contributed by atoms with Crippen molar-refractivity contribution in [3.8, 4) is 0 Å². The molecule has 0 aliphatic rings. The molecule has 0 saturated carbocycles.